The van der Waals surface area contributed by atoms with Crippen LogP contribution < -0.4 is 0 Å². The molecule has 0 spiro atoms. The van der Waals surface area contributed by atoms with Crippen LogP contribution in [0, 0.1) is 10.8 Å². The van der Waals surface area contributed by atoms with Crippen molar-refractivity contribution in [1.82, 2.24) is 4.90 Å². The SMILES string of the molecule is CC(C)(C)CC(C)(C)CCSSCCN1CCOCC1. The number of ether oxygens (including phenoxy) is 1. The second kappa shape index (κ2) is 8.92. The number of morpholine rings is 1. The average molecular weight is 320 g/mol. The third-order valence-electron chi connectivity index (χ3n) is 3.55. The van der Waals surface area contributed by atoms with Gasteiger partial charge in [-0.3, -0.25) is 4.90 Å². The highest BCUT2D eigenvalue weighted by Crippen LogP contribution is 2.37. The summed E-state index contributed by atoms with van der Waals surface area (Å²) < 4.78 is 5.37. The van der Waals surface area contributed by atoms with Gasteiger partial charge in [-0.15, -0.1) is 0 Å². The van der Waals surface area contributed by atoms with Gasteiger partial charge in [-0.25, -0.2) is 0 Å². The number of rotatable bonds is 8. The van der Waals surface area contributed by atoms with Gasteiger partial charge in [-0.2, -0.15) is 0 Å². The van der Waals surface area contributed by atoms with Gasteiger partial charge in [0.2, 0.25) is 0 Å². The monoisotopic (exact) mass is 319 g/mol. The van der Waals surface area contributed by atoms with Crippen LogP contribution in [0.3, 0.4) is 0 Å². The molecular formula is C16H33NOS2. The molecule has 1 aliphatic rings. The predicted octanol–water partition coefficient (Wildman–Crippen LogP) is 4.55. The third-order valence-corrected chi connectivity index (χ3v) is 5.94. The van der Waals surface area contributed by atoms with Crippen molar-refractivity contribution in [1.29, 1.82) is 0 Å². The number of hydrogen-bond acceptors (Lipinski definition) is 4. The molecule has 0 aromatic carbocycles. The second-order valence-electron chi connectivity index (χ2n) is 7.75. The van der Waals surface area contributed by atoms with E-state index in [-0.39, 0.29) is 0 Å². The maximum absolute atomic E-state index is 5.37. The second-order valence-corrected chi connectivity index (χ2v) is 10.5. The maximum Gasteiger partial charge on any atom is 0.0594 e. The van der Waals surface area contributed by atoms with Crippen molar-refractivity contribution >= 4 is 21.6 Å². The molecule has 0 amide bonds. The fourth-order valence-electron chi connectivity index (χ4n) is 2.95. The van der Waals surface area contributed by atoms with Crippen molar-refractivity contribution in [3.63, 3.8) is 0 Å². The summed E-state index contributed by atoms with van der Waals surface area (Å²) in [5.74, 6) is 2.52. The Kier molecular flexibility index (Phi) is 8.32. The minimum absolute atomic E-state index is 0.442. The van der Waals surface area contributed by atoms with Crippen LogP contribution in [0.2, 0.25) is 0 Å². The quantitative estimate of drug-likeness (QED) is 0.480. The lowest BCUT2D eigenvalue weighted by Crippen LogP contribution is -2.37. The first-order valence-corrected chi connectivity index (χ1v) is 10.3. The zero-order valence-electron chi connectivity index (χ0n) is 14.0. The minimum Gasteiger partial charge on any atom is -0.379 e. The lowest BCUT2D eigenvalue weighted by Gasteiger charge is -2.32. The molecule has 0 N–H and O–H groups in total. The van der Waals surface area contributed by atoms with Crippen molar-refractivity contribution in [2.75, 3.05) is 44.4 Å². The van der Waals surface area contributed by atoms with Crippen molar-refractivity contribution in [3.05, 3.63) is 0 Å². The Morgan fingerprint density at radius 3 is 2.15 bits per heavy atom. The third kappa shape index (κ3) is 9.54. The normalized spacial score (nSPS) is 18.4. The van der Waals surface area contributed by atoms with E-state index in [1.54, 1.807) is 0 Å². The molecule has 0 atom stereocenters. The maximum atomic E-state index is 5.37. The van der Waals surface area contributed by atoms with Crippen LogP contribution in [0.25, 0.3) is 0 Å². The highest BCUT2D eigenvalue weighted by molar-refractivity contribution is 8.76. The van der Waals surface area contributed by atoms with Gasteiger partial charge in [-0.05, 0) is 23.7 Å². The molecule has 4 heteroatoms. The zero-order chi connectivity index (χ0) is 15.1. The molecule has 120 valence electrons. The van der Waals surface area contributed by atoms with Crippen molar-refractivity contribution in [3.8, 4) is 0 Å². The molecule has 1 aliphatic heterocycles. The number of hydrogen-bond donors (Lipinski definition) is 0. The lowest BCUT2D eigenvalue weighted by molar-refractivity contribution is 0.0410. The van der Waals surface area contributed by atoms with E-state index >= 15 is 0 Å². The van der Waals surface area contributed by atoms with E-state index in [0.29, 0.717) is 10.8 Å². The zero-order valence-corrected chi connectivity index (χ0v) is 15.7. The standard InChI is InChI=1S/C16H33NOS2/c1-15(2,3)14-16(4,5)6-12-19-20-13-9-17-7-10-18-11-8-17/h6-14H2,1-5H3. The molecule has 1 heterocycles. The summed E-state index contributed by atoms with van der Waals surface area (Å²) in [7, 11) is 4.09. The molecule has 0 unspecified atom stereocenters. The summed E-state index contributed by atoms with van der Waals surface area (Å²) in [5, 5.41) is 0. The first-order chi connectivity index (χ1) is 9.29. The Bertz CT molecular complexity index is 258. The molecule has 0 radical (unpaired) electrons. The Morgan fingerprint density at radius 1 is 0.950 bits per heavy atom. The van der Waals surface area contributed by atoms with E-state index < -0.39 is 0 Å². The molecule has 1 rings (SSSR count). The largest absolute Gasteiger partial charge is 0.379 e. The van der Waals surface area contributed by atoms with Gasteiger partial charge in [0, 0.05) is 31.1 Å². The molecule has 1 fully saturated rings. The van der Waals surface area contributed by atoms with Gasteiger partial charge in [0.15, 0.2) is 0 Å². The summed E-state index contributed by atoms with van der Waals surface area (Å²) in [6.45, 7) is 17.1. The Balaban J connectivity index is 2.00. The first kappa shape index (κ1) is 18.7. The van der Waals surface area contributed by atoms with Crippen LogP contribution in [0.5, 0.6) is 0 Å². The Hall–Kier alpha value is 0.620. The van der Waals surface area contributed by atoms with Crippen molar-refractivity contribution in [2.24, 2.45) is 10.8 Å². The van der Waals surface area contributed by atoms with Gasteiger partial charge in [-0.1, -0.05) is 56.2 Å². The highest BCUT2D eigenvalue weighted by atomic mass is 33.1. The van der Waals surface area contributed by atoms with Gasteiger partial charge in [0.05, 0.1) is 13.2 Å². The summed E-state index contributed by atoms with van der Waals surface area (Å²) in [5.41, 5.74) is 0.910. The summed E-state index contributed by atoms with van der Waals surface area (Å²) in [6.07, 6.45) is 2.62. The van der Waals surface area contributed by atoms with Gasteiger partial charge in [0.25, 0.3) is 0 Å². The fraction of sp³-hybridized carbons (Fsp3) is 1.00. The van der Waals surface area contributed by atoms with E-state index in [9.17, 15) is 0 Å². The fourth-order valence-corrected chi connectivity index (χ4v) is 5.34. The van der Waals surface area contributed by atoms with Gasteiger partial charge < -0.3 is 4.74 Å². The van der Waals surface area contributed by atoms with Crippen LogP contribution in [0.15, 0.2) is 0 Å². The van der Waals surface area contributed by atoms with Crippen LogP contribution in [-0.2, 0) is 4.74 Å². The van der Waals surface area contributed by atoms with Crippen molar-refractivity contribution in [2.45, 2.75) is 47.5 Å². The van der Waals surface area contributed by atoms with E-state index in [2.05, 4.69) is 50.3 Å². The molecule has 2 nitrogen and oxygen atoms in total. The first-order valence-electron chi connectivity index (χ1n) is 7.83. The van der Waals surface area contributed by atoms with Crippen LogP contribution in [0.4, 0.5) is 0 Å². The summed E-state index contributed by atoms with van der Waals surface area (Å²) >= 11 is 0. The summed E-state index contributed by atoms with van der Waals surface area (Å²) in [4.78, 5) is 2.51. The van der Waals surface area contributed by atoms with E-state index in [1.165, 1.54) is 30.9 Å². The molecule has 0 aromatic rings. The molecule has 20 heavy (non-hydrogen) atoms. The van der Waals surface area contributed by atoms with Gasteiger partial charge >= 0.3 is 0 Å². The molecular weight excluding hydrogens is 286 g/mol. The molecule has 0 saturated carbocycles. The van der Waals surface area contributed by atoms with Crippen molar-refractivity contribution < 1.29 is 4.74 Å². The Labute approximate surface area is 134 Å². The highest BCUT2D eigenvalue weighted by Gasteiger charge is 2.24. The number of nitrogens with zero attached hydrogens (tertiary/aromatic N) is 1. The average Bonchev–Trinajstić information content (AvgIpc) is 2.32. The van der Waals surface area contributed by atoms with E-state index in [4.69, 9.17) is 4.74 Å². The minimum atomic E-state index is 0.442. The topological polar surface area (TPSA) is 12.5 Å². The van der Waals surface area contributed by atoms with E-state index in [1.807, 2.05) is 10.8 Å². The van der Waals surface area contributed by atoms with Crippen LogP contribution in [-0.4, -0.2) is 49.3 Å². The molecule has 0 aromatic heterocycles. The molecule has 0 aliphatic carbocycles. The van der Waals surface area contributed by atoms with Crippen LogP contribution >= 0.6 is 21.6 Å². The lowest BCUT2D eigenvalue weighted by atomic mass is 9.75. The smallest absolute Gasteiger partial charge is 0.0594 e. The van der Waals surface area contributed by atoms with Crippen LogP contribution in [0.1, 0.15) is 47.5 Å². The predicted molar refractivity (Wildman–Crippen MR) is 94.6 cm³/mol. The van der Waals surface area contributed by atoms with E-state index in [0.717, 1.165) is 26.3 Å². The Morgan fingerprint density at radius 2 is 1.55 bits per heavy atom. The molecule has 1 saturated heterocycles. The summed E-state index contributed by atoms with van der Waals surface area (Å²) in [6, 6.07) is 0. The van der Waals surface area contributed by atoms with Gasteiger partial charge in [0.1, 0.15) is 0 Å². The molecule has 0 bridgehead atoms.